The van der Waals surface area contributed by atoms with Gasteiger partial charge in [-0.25, -0.2) is 4.39 Å². The summed E-state index contributed by atoms with van der Waals surface area (Å²) in [4.78, 5) is 0. The molecular weight excluding hydrogens is 165 g/mol. The molecule has 72 valence electrons. The van der Waals surface area contributed by atoms with Crippen LogP contribution in [0, 0.1) is 0 Å². The van der Waals surface area contributed by atoms with Crippen molar-refractivity contribution in [2.45, 2.75) is 19.4 Å². The fraction of sp³-hybridized carbons (Fsp3) is 0.455. The molecule has 0 radical (unpaired) electrons. The van der Waals surface area contributed by atoms with E-state index in [0.717, 1.165) is 6.42 Å². The molecule has 0 saturated carbocycles. The Morgan fingerprint density at radius 2 is 2.00 bits per heavy atom. The number of hydrogen-bond acceptors (Lipinski definition) is 1. The molecule has 0 aliphatic heterocycles. The van der Waals surface area contributed by atoms with Crippen molar-refractivity contribution < 1.29 is 4.39 Å². The summed E-state index contributed by atoms with van der Waals surface area (Å²) in [6.07, 6.45) is 0.959. The summed E-state index contributed by atoms with van der Waals surface area (Å²) >= 11 is 0. The molecule has 0 saturated heterocycles. The Balaban J connectivity index is 2.32. The first-order valence-electron chi connectivity index (χ1n) is 4.66. The molecule has 0 aliphatic carbocycles. The summed E-state index contributed by atoms with van der Waals surface area (Å²) < 4.78 is 11.8. The summed E-state index contributed by atoms with van der Waals surface area (Å²) in [5.74, 6) is 0. The van der Waals surface area contributed by atoms with E-state index in [9.17, 15) is 4.39 Å². The first-order chi connectivity index (χ1) is 6.33. The van der Waals surface area contributed by atoms with Crippen LogP contribution < -0.4 is 5.32 Å². The lowest BCUT2D eigenvalue weighted by molar-refractivity contribution is 0.438. The van der Waals surface area contributed by atoms with Crippen LogP contribution in [-0.2, 0) is 6.42 Å². The highest BCUT2D eigenvalue weighted by Gasteiger charge is 2.00. The lowest BCUT2D eigenvalue weighted by Crippen LogP contribution is -2.29. The zero-order valence-electron chi connectivity index (χ0n) is 7.96. The molecule has 0 bridgehead atoms. The Morgan fingerprint density at radius 3 is 2.62 bits per heavy atom. The standard InChI is InChI=1S/C11H16FN/c1-10(13-8-7-12)9-11-5-3-2-4-6-11/h2-6,10,13H,7-9H2,1H3/t10-/m1/s1. The van der Waals surface area contributed by atoms with Crippen molar-refractivity contribution in [1.82, 2.24) is 5.32 Å². The summed E-state index contributed by atoms with van der Waals surface area (Å²) in [6, 6.07) is 10.6. The van der Waals surface area contributed by atoms with Gasteiger partial charge in [0.05, 0.1) is 0 Å². The van der Waals surface area contributed by atoms with E-state index in [1.807, 2.05) is 18.2 Å². The number of nitrogens with one attached hydrogen (secondary N) is 1. The zero-order valence-corrected chi connectivity index (χ0v) is 7.96. The molecule has 13 heavy (non-hydrogen) atoms. The fourth-order valence-corrected chi connectivity index (χ4v) is 1.34. The molecule has 1 aromatic carbocycles. The summed E-state index contributed by atoms with van der Waals surface area (Å²) in [7, 11) is 0. The average Bonchev–Trinajstić information content (AvgIpc) is 2.16. The molecule has 1 aromatic rings. The molecule has 0 heterocycles. The Kier molecular flexibility index (Phi) is 4.47. The summed E-state index contributed by atoms with van der Waals surface area (Å²) in [5, 5.41) is 3.11. The van der Waals surface area contributed by atoms with E-state index in [1.165, 1.54) is 5.56 Å². The van der Waals surface area contributed by atoms with Crippen molar-refractivity contribution in [1.29, 1.82) is 0 Å². The second kappa shape index (κ2) is 5.70. The molecule has 1 nitrogen and oxygen atoms in total. The quantitative estimate of drug-likeness (QED) is 0.734. The van der Waals surface area contributed by atoms with Gasteiger partial charge in [-0.2, -0.15) is 0 Å². The van der Waals surface area contributed by atoms with Crippen LogP contribution in [0.1, 0.15) is 12.5 Å². The van der Waals surface area contributed by atoms with Gasteiger partial charge in [-0.3, -0.25) is 0 Å². The van der Waals surface area contributed by atoms with Crippen LogP contribution in [0.4, 0.5) is 4.39 Å². The second-order valence-corrected chi connectivity index (χ2v) is 3.23. The van der Waals surface area contributed by atoms with E-state index in [1.54, 1.807) is 0 Å². The molecular formula is C11H16FN. The average molecular weight is 181 g/mol. The summed E-state index contributed by atoms with van der Waals surface area (Å²) in [5.41, 5.74) is 1.29. The van der Waals surface area contributed by atoms with E-state index >= 15 is 0 Å². The number of hydrogen-bond donors (Lipinski definition) is 1. The van der Waals surface area contributed by atoms with Crippen LogP contribution in [0.25, 0.3) is 0 Å². The van der Waals surface area contributed by atoms with Crippen LogP contribution >= 0.6 is 0 Å². The van der Waals surface area contributed by atoms with Gasteiger partial charge in [-0.05, 0) is 18.9 Å². The Labute approximate surface area is 79.0 Å². The van der Waals surface area contributed by atoms with E-state index in [4.69, 9.17) is 0 Å². The minimum atomic E-state index is -0.293. The monoisotopic (exact) mass is 181 g/mol. The van der Waals surface area contributed by atoms with Gasteiger partial charge in [0.25, 0.3) is 0 Å². The normalized spacial score (nSPS) is 12.8. The fourth-order valence-electron chi connectivity index (χ4n) is 1.34. The maximum atomic E-state index is 11.8. The van der Waals surface area contributed by atoms with Gasteiger partial charge < -0.3 is 5.32 Å². The molecule has 0 amide bonds. The third-order valence-corrected chi connectivity index (χ3v) is 1.97. The van der Waals surface area contributed by atoms with E-state index in [0.29, 0.717) is 12.6 Å². The van der Waals surface area contributed by atoms with Crippen LogP contribution in [0.3, 0.4) is 0 Å². The molecule has 0 fully saturated rings. The van der Waals surface area contributed by atoms with Gasteiger partial charge in [0.1, 0.15) is 6.67 Å². The lowest BCUT2D eigenvalue weighted by atomic mass is 10.1. The third kappa shape index (κ3) is 4.04. The SMILES string of the molecule is C[C@H](Cc1ccccc1)NCCF. The van der Waals surface area contributed by atoms with Gasteiger partial charge in [0.15, 0.2) is 0 Å². The van der Waals surface area contributed by atoms with Crippen LogP contribution in [0.15, 0.2) is 30.3 Å². The van der Waals surface area contributed by atoms with Gasteiger partial charge >= 0.3 is 0 Å². The van der Waals surface area contributed by atoms with Crippen molar-refractivity contribution in [3.63, 3.8) is 0 Å². The number of alkyl halides is 1. The molecule has 0 aliphatic rings. The highest BCUT2D eigenvalue weighted by Crippen LogP contribution is 2.02. The second-order valence-electron chi connectivity index (χ2n) is 3.23. The number of benzene rings is 1. The van der Waals surface area contributed by atoms with Crippen molar-refractivity contribution in [2.24, 2.45) is 0 Å². The largest absolute Gasteiger partial charge is 0.311 e. The molecule has 1 atom stereocenters. The third-order valence-electron chi connectivity index (χ3n) is 1.97. The zero-order chi connectivity index (χ0) is 9.52. The van der Waals surface area contributed by atoms with Gasteiger partial charge in [0.2, 0.25) is 0 Å². The molecule has 0 unspecified atom stereocenters. The number of halogens is 1. The summed E-state index contributed by atoms with van der Waals surface area (Å²) in [6.45, 7) is 2.23. The van der Waals surface area contributed by atoms with Crippen molar-refractivity contribution >= 4 is 0 Å². The molecule has 1 N–H and O–H groups in total. The lowest BCUT2D eigenvalue weighted by Gasteiger charge is -2.11. The molecule has 0 aromatic heterocycles. The maximum Gasteiger partial charge on any atom is 0.102 e. The predicted molar refractivity (Wildman–Crippen MR) is 53.6 cm³/mol. The first kappa shape index (κ1) is 10.2. The van der Waals surface area contributed by atoms with Crippen LogP contribution in [0.5, 0.6) is 0 Å². The van der Waals surface area contributed by atoms with Gasteiger partial charge in [-0.1, -0.05) is 30.3 Å². The van der Waals surface area contributed by atoms with Crippen LogP contribution in [0.2, 0.25) is 0 Å². The maximum absolute atomic E-state index is 11.8. The van der Waals surface area contributed by atoms with Gasteiger partial charge in [-0.15, -0.1) is 0 Å². The predicted octanol–water partition coefficient (Wildman–Crippen LogP) is 2.18. The van der Waals surface area contributed by atoms with Crippen molar-refractivity contribution in [2.75, 3.05) is 13.2 Å². The van der Waals surface area contributed by atoms with E-state index < -0.39 is 0 Å². The highest BCUT2D eigenvalue weighted by molar-refractivity contribution is 5.15. The van der Waals surface area contributed by atoms with E-state index in [-0.39, 0.29) is 6.67 Å². The Hall–Kier alpha value is -0.890. The Morgan fingerprint density at radius 1 is 1.31 bits per heavy atom. The Bertz CT molecular complexity index is 223. The topological polar surface area (TPSA) is 12.0 Å². The minimum Gasteiger partial charge on any atom is -0.311 e. The van der Waals surface area contributed by atoms with E-state index in [2.05, 4.69) is 24.4 Å². The van der Waals surface area contributed by atoms with Crippen LogP contribution in [-0.4, -0.2) is 19.3 Å². The highest BCUT2D eigenvalue weighted by atomic mass is 19.1. The molecule has 1 rings (SSSR count). The first-order valence-corrected chi connectivity index (χ1v) is 4.66. The van der Waals surface area contributed by atoms with Gasteiger partial charge in [0, 0.05) is 12.6 Å². The van der Waals surface area contributed by atoms with Crippen molar-refractivity contribution in [3.05, 3.63) is 35.9 Å². The van der Waals surface area contributed by atoms with Crippen molar-refractivity contribution in [3.8, 4) is 0 Å². The smallest absolute Gasteiger partial charge is 0.102 e. The minimum absolute atomic E-state index is 0.293. The molecule has 2 heteroatoms. The molecule has 0 spiro atoms. The number of rotatable bonds is 5.